The lowest BCUT2D eigenvalue weighted by Gasteiger charge is -2.28. The van der Waals surface area contributed by atoms with Crippen LogP contribution in [0.25, 0.3) is 10.9 Å². The van der Waals surface area contributed by atoms with E-state index in [1.807, 2.05) is 6.20 Å². The van der Waals surface area contributed by atoms with Crippen molar-refractivity contribution in [1.29, 1.82) is 0 Å². The van der Waals surface area contributed by atoms with Gasteiger partial charge in [-0.15, -0.1) is 0 Å². The molecule has 1 aliphatic rings. The minimum absolute atomic E-state index is 1.18. The molecule has 78 valence electrons. The Balaban J connectivity index is 1.95. The third-order valence-electron chi connectivity index (χ3n) is 2.91. The van der Waals surface area contributed by atoms with Crippen molar-refractivity contribution in [3.8, 4) is 0 Å². The van der Waals surface area contributed by atoms with E-state index in [1.165, 1.54) is 41.2 Å². The summed E-state index contributed by atoms with van der Waals surface area (Å²) in [6.07, 6.45) is 2.00. The summed E-state index contributed by atoms with van der Waals surface area (Å²) in [7, 11) is 0. The lowest BCUT2D eigenvalue weighted by molar-refractivity contribution is 0.860. The zero-order chi connectivity index (χ0) is 10.1. The summed E-state index contributed by atoms with van der Waals surface area (Å²) in [5, 5.41) is 1.31. The maximum absolute atomic E-state index is 3.23. The van der Waals surface area contributed by atoms with Gasteiger partial charge in [0.2, 0.25) is 0 Å². The maximum Gasteiger partial charge on any atom is 0.0455 e. The molecule has 1 N–H and O–H groups in total. The zero-order valence-corrected chi connectivity index (χ0v) is 9.39. The first-order valence-electron chi connectivity index (χ1n) is 5.33. The second-order valence-corrected chi connectivity index (χ2v) is 5.07. The molecule has 0 spiro atoms. The van der Waals surface area contributed by atoms with Gasteiger partial charge in [-0.05, 0) is 24.3 Å². The molecule has 2 nitrogen and oxygen atoms in total. The van der Waals surface area contributed by atoms with Crippen molar-refractivity contribution < 1.29 is 0 Å². The average molecular weight is 218 g/mol. The summed E-state index contributed by atoms with van der Waals surface area (Å²) in [6, 6.07) is 8.81. The van der Waals surface area contributed by atoms with Crippen LogP contribution >= 0.6 is 11.8 Å². The molecule has 2 heterocycles. The molecule has 3 rings (SSSR count). The Morgan fingerprint density at radius 1 is 1.13 bits per heavy atom. The number of benzene rings is 1. The van der Waals surface area contributed by atoms with E-state index >= 15 is 0 Å². The molecule has 3 heteroatoms. The number of hydrogen-bond acceptors (Lipinski definition) is 2. The molecule has 1 fully saturated rings. The number of nitrogens with zero attached hydrogens (tertiary/aromatic N) is 1. The third kappa shape index (κ3) is 1.72. The minimum atomic E-state index is 1.18. The van der Waals surface area contributed by atoms with Gasteiger partial charge >= 0.3 is 0 Å². The van der Waals surface area contributed by atoms with Crippen LogP contribution in [0.15, 0.2) is 30.5 Å². The van der Waals surface area contributed by atoms with E-state index in [4.69, 9.17) is 0 Å². The topological polar surface area (TPSA) is 19.0 Å². The third-order valence-corrected chi connectivity index (χ3v) is 3.86. The monoisotopic (exact) mass is 218 g/mol. The number of rotatable bonds is 1. The quantitative estimate of drug-likeness (QED) is 0.793. The molecular formula is C12H14N2S. The number of anilines is 1. The van der Waals surface area contributed by atoms with Crippen LogP contribution in [0.5, 0.6) is 0 Å². The predicted octanol–water partition coefficient (Wildman–Crippen LogP) is 2.72. The molecule has 1 aromatic heterocycles. The summed E-state index contributed by atoms with van der Waals surface area (Å²) in [5.41, 5.74) is 2.59. The predicted molar refractivity (Wildman–Crippen MR) is 67.8 cm³/mol. The number of aromatic amines is 1. The van der Waals surface area contributed by atoms with Crippen molar-refractivity contribution in [1.82, 2.24) is 4.98 Å². The molecule has 0 unspecified atom stereocenters. The van der Waals surface area contributed by atoms with Crippen LogP contribution in [-0.2, 0) is 0 Å². The number of fused-ring (bicyclic) bond motifs is 1. The van der Waals surface area contributed by atoms with E-state index in [-0.39, 0.29) is 0 Å². The Labute approximate surface area is 93.7 Å². The van der Waals surface area contributed by atoms with Crippen molar-refractivity contribution >= 4 is 28.4 Å². The lowest BCUT2D eigenvalue weighted by Crippen LogP contribution is -2.32. The van der Waals surface area contributed by atoms with Crippen molar-refractivity contribution in [2.75, 3.05) is 29.5 Å². The first kappa shape index (κ1) is 9.16. The average Bonchev–Trinajstić information content (AvgIpc) is 2.77. The molecule has 1 saturated heterocycles. The highest BCUT2D eigenvalue weighted by Gasteiger charge is 2.11. The molecule has 2 aromatic rings. The Kier molecular flexibility index (Phi) is 2.33. The number of H-pyrrole nitrogens is 1. The Hall–Kier alpha value is -1.09. The molecular weight excluding hydrogens is 204 g/mol. The van der Waals surface area contributed by atoms with E-state index in [0.717, 1.165) is 0 Å². The lowest BCUT2D eigenvalue weighted by atomic mass is 10.2. The highest BCUT2D eigenvalue weighted by atomic mass is 32.2. The fraction of sp³-hybridized carbons (Fsp3) is 0.333. The van der Waals surface area contributed by atoms with Gasteiger partial charge in [0.25, 0.3) is 0 Å². The van der Waals surface area contributed by atoms with E-state index in [1.54, 1.807) is 0 Å². The molecule has 0 amide bonds. The van der Waals surface area contributed by atoms with E-state index in [2.05, 4.69) is 45.9 Å². The molecule has 1 aliphatic heterocycles. The Bertz CT molecular complexity index is 457. The van der Waals surface area contributed by atoms with Crippen molar-refractivity contribution in [3.05, 3.63) is 30.5 Å². The number of aromatic nitrogens is 1. The van der Waals surface area contributed by atoms with Crippen molar-refractivity contribution in [2.45, 2.75) is 0 Å². The van der Waals surface area contributed by atoms with Gasteiger partial charge in [-0.2, -0.15) is 11.8 Å². The van der Waals surface area contributed by atoms with Crippen LogP contribution in [0, 0.1) is 0 Å². The standard InChI is InChI=1S/C12H14N2S/c1-2-12-10(3-4-13-12)9-11(1)14-5-7-15-8-6-14/h1-4,9,13H,5-8H2. The summed E-state index contributed by atoms with van der Waals surface area (Å²) in [4.78, 5) is 5.70. The second kappa shape index (κ2) is 3.81. The largest absolute Gasteiger partial charge is 0.370 e. The summed E-state index contributed by atoms with van der Waals surface area (Å²) in [6.45, 7) is 2.36. The zero-order valence-electron chi connectivity index (χ0n) is 8.57. The fourth-order valence-electron chi connectivity index (χ4n) is 2.06. The van der Waals surface area contributed by atoms with E-state index in [9.17, 15) is 0 Å². The first-order valence-corrected chi connectivity index (χ1v) is 6.49. The Morgan fingerprint density at radius 3 is 2.87 bits per heavy atom. The van der Waals surface area contributed by atoms with Crippen molar-refractivity contribution in [3.63, 3.8) is 0 Å². The fourth-order valence-corrected chi connectivity index (χ4v) is 2.96. The van der Waals surface area contributed by atoms with Crippen LogP contribution < -0.4 is 4.90 Å². The number of nitrogens with one attached hydrogen (secondary N) is 1. The van der Waals surface area contributed by atoms with Gasteiger partial charge in [0.15, 0.2) is 0 Å². The van der Waals surface area contributed by atoms with Gasteiger partial charge in [0.1, 0.15) is 0 Å². The molecule has 0 aliphatic carbocycles. The van der Waals surface area contributed by atoms with Gasteiger partial charge in [-0.1, -0.05) is 0 Å². The summed E-state index contributed by atoms with van der Waals surface area (Å²) in [5.74, 6) is 2.51. The minimum Gasteiger partial charge on any atom is -0.370 e. The molecule has 0 radical (unpaired) electrons. The molecule has 15 heavy (non-hydrogen) atoms. The highest BCUT2D eigenvalue weighted by molar-refractivity contribution is 7.99. The van der Waals surface area contributed by atoms with Gasteiger partial charge in [-0.3, -0.25) is 0 Å². The normalized spacial score (nSPS) is 17.2. The van der Waals surface area contributed by atoms with Crippen LogP contribution in [0.2, 0.25) is 0 Å². The molecule has 0 bridgehead atoms. The van der Waals surface area contributed by atoms with Crippen molar-refractivity contribution in [2.24, 2.45) is 0 Å². The van der Waals surface area contributed by atoms with Crippen LogP contribution in [0.3, 0.4) is 0 Å². The molecule has 0 atom stereocenters. The summed E-state index contributed by atoms with van der Waals surface area (Å²) < 4.78 is 0. The Morgan fingerprint density at radius 2 is 2.00 bits per heavy atom. The molecule has 0 saturated carbocycles. The van der Waals surface area contributed by atoms with Crippen LogP contribution in [-0.4, -0.2) is 29.6 Å². The maximum atomic E-state index is 3.23. The smallest absolute Gasteiger partial charge is 0.0455 e. The van der Waals surface area contributed by atoms with Crippen LogP contribution in [0.4, 0.5) is 5.69 Å². The van der Waals surface area contributed by atoms with Gasteiger partial charge in [0.05, 0.1) is 0 Å². The van der Waals surface area contributed by atoms with E-state index in [0.29, 0.717) is 0 Å². The first-order chi connectivity index (χ1) is 7.43. The number of hydrogen-bond donors (Lipinski definition) is 1. The molecule has 1 aromatic carbocycles. The van der Waals surface area contributed by atoms with Gasteiger partial charge in [0, 0.05) is 47.4 Å². The second-order valence-electron chi connectivity index (χ2n) is 3.85. The SMILES string of the molecule is c1cc2cc(N3CCSCC3)ccc2[nH]1. The highest BCUT2D eigenvalue weighted by Crippen LogP contribution is 2.23. The van der Waals surface area contributed by atoms with Crippen LogP contribution in [0.1, 0.15) is 0 Å². The summed E-state index contributed by atoms with van der Waals surface area (Å²) >= 11 is 2.05. The number of thioether (sulfide) groups is 1. The van der Waals surface area contributed by atoms with Gasteiger partial charge < -0.3 is 9.88 Å². The van der Waals surface area contributed by atoms with E-state index < -0.39 is 0 Å². The van der Waals surface area contributed by atoms with Gasteiger partial charge in [-0.25, -0.2) is 0 Å².